The van der Waals surface area contributed by atoms with Crippen LogP contribution in [0, 0.1) is 0 Å². The second-order valence-corrected chi connectivity index (χ2v) is 8.34. The summed E-state index contributed by atoms with van der Waals surface area (Å²) >= 11 is 0. The molecule has 0 amide bonds. The number of methoxy groups -OCH3 is 2. The summed E-state index contributed by atoms with van der Waals surface area (Å²) in [5.74, 6) is -0.251. The van der Waals surface area contributed by atoms with Gasteiger partial charge in [-0.25, -0.2) is 18.4 Å². The monoisotopic (exact) mass is 368 g/mol. The largest absolute Gasteiger partial charge is 0.496 e. The topological polar surface area (TPSA) is 98.9 Å². The second-order valence-electron chi connectivity index (χ2n) is 6.55. The van der Waals surface area contributed by atoms with E-state index < -0.39 is 20.7 Å². The normalized spacial score (nSPS) is 23.2. The van der Waals surface area contributed by atoms with E-state index in [4.69, 9.17) is 14.6 Å². The molecule has 1 aliphatic heterocycles. The molecule has 0 aromatic heterocycles. The maximum atomic E-state index is 12.7. The molecule has 1 heterocycles. The highest BCUT2D eigenvalue weighted by atomic mass is 32.2. The molecule has 25 heavy (non-hydrogen) atoms. The molecule has 1 saturated heterocycles. The third-order valence-electron chi connectivity index (χ3n) is 5.27. The lowest BCUT2D eigenvalue weighted by atomic mass is 9.80. The zero-order chi connectivity index (χ0) is 18.2. The molecule has 138 valence electrons. The fraction of sp³-hybridized carbons (Fsp3) is 0.588. The van der Waals surface area contributed by atoms with Gasteiger partial charge in [0.1, 0.15) is 5.75 Å². The molecule has 2 aliphatic rings. The Hall–Kier alpha value is -1.80. The van der Waals surface area contributed by atoms with Crippen LogP contribution in [0.5, 0.6) is 5.75 Å². The van der Waals surface area contributed by atoms with E-state index in [-0.39, 0.29) is 6.42 Å². The molecule has 1 aliphatic carbocycles. The first-order valence-electron chi connectivity index (χ1n) is 8.43. The molecular weight excluding hydrogens is 344 g/mol. The van der Waals surface area contributed by atoms with Crippen molar-refractivity contribution in [2.24, 2.45) is 5.14 Å². The molecule has 2 N–H and O–H groups in total. The van der Waals surface area contributed by atoms with Crippen molar-refractivity contribution >= 4 is 21.7 Å². The fourth-order valence-corrected chi connectivity index (χ4v) is 5.39. The standard InChI is InChI=1S/C17H24N2O5S/c1-23-14-8-7-13(19-10-3-4-11-19)15-12(14)6-5-9-17(15,16(20)24-2)25(18,21)22/h7-8H,3-6,9-11H2,1-2H3,(H2,18,21,22). The number of esters is 1. The van der Waals surface area contributed by atoms with E-state index in [0.717, 1.165) is 37.2 Å². The first-order valence-corrected chi connectivity index (χ1v) is 9.97. The summed E-state index contributed by atoms with van der Waals surface area (Å²) in [6, 6.07) is 3.67. The SMILES string of the molecule is COC(=O)C1(S(N)(=O)=O)CCCc2c(OC)ccc(N3CCCC3)c21. The first kappa shape index (κ1) is 18.0. The molecule has 0 saturated carbocycles. The van der Waals surface area contributed by atoms with Gasteiger partial charge in [0.25, 0.3) is 0 Å². The van der Waals surface area contributed by atoms with Crippen molar-refractivity contribution < 1.29 is 22.7 Å². The van der Waals surface area contributed by atoms with Crippen LogP contribution in [0.1, 0.15) is 36.8 Å². The van der Waals surface area contributed by atoms with Crippen molar-refractivity contribution in [3.63, 3.8) is 0 Å². The van der Waals surface area contributed by atoms with Gasteiger partial charge in [0, 0.05) is 29.9 Å². The Kier molecular flexibility index (Phi) is 4.68. The summed E-state index contributed by atoms with van der Waals surface area (Å²) in [4.78, 5) is 14.8. The van der Waals surface area contributed by atoms with Gasteiger partial charge in [-0.1, -0.05) is 0 Å². The highest BCUT2D eigenvalue weighted by Gasteiger charge is 2.56. The Morgan fingerprint density at radius 3 is 2.44 bits per heavy atom. The van der Waals surface area contributed by atoms with Crippen LogP contribution in [0.3, 0.4) is 0 Å². The van der Waals surface area contributed by atoms with Crippen molar-refractivity contribution in [1.82, 2.24) is 0 Å². The van der Waals surface area contributed by atoms with Crippen LogP contribution in [0.2, 0.25) is 0 Å². The van der Waals surface area contributed by atoms with E-state index >= 15 is 0 Å². The van der Waals surface area contributed by atoms with Crippen molar-refractivity contribution in [3.8, 4) is 5.75 Å². The highest BCUT2D eigenvalue weighted by Crippen LogP contribution is 2.49. The minimum atomic E-state index is -4.25. The van der Waals surface area contributed by atoms with Gasteiger partial charge in [0.05, 0.1) is 14.2 Å². The van der Waals surface area contributed by atoms with Crippen LogP contribution in [0.25, 0.3) is 0 Å². The summed E-state index contributed by atoms with van der Waals surface area (Å²) < 4.78 is 33.8. The molecule has 0 bridgehead atoms. The second kappa shape index (κ2) is 6.49. The number of rotatable bonds is 4. The Labute approximate surface area is 148 Å². The maximum Gasteiger partial charge on any atom is 0.333 e. The maximum absolute atomic E-state index is 12.7. The molecule has 0 spiro atoms. The van der Waals surface area contributed by atoms with Gasteiger partial charge in [-0.05, 0) is 44.2 Å². The third-order valence-corrected chi connectivity index (χ3v) is 6.82. The Morgan fingerprint density at radius 1 is 1.20 bits per heavy atom. The number of primary sulfonamides is 1. The molecule has 7 nitrogen and oxygen atoms in total. The van der Waals surface area contributed by atoms with E-state index in [0.29, 0.717) is 24.2 Å². The molecule has 1 fully saturated rings. The molecule has 1 atom stereocenters. The number of fused-ring (bicyclic) bond motifs is 1. The van der Waals surface area contributed by atoms with E-state index in [1.807, 2.05) is 12.1 Å². The summed E-state index contributed by atoms with van der Waals surface area (Å²) in [6.07, 6.45) is 3.31. The predicted molar refractivity (Wildman–Crippen MR) is 94.2 cm³/mol. The van der Waals surface area contributed by atoms with Crippen LogP contribution >= 0.6 is 0 Å². The number of hydrogen-bond acceptors (Lipinski definition) is 6. The number of benzene rings is 1. The van der Waals surface area contributed by atoms with E-state index in [1.54, 1.807) is 0 Å². The Morgan fingerprint density at radius 2 is 1.88 bits per heavy atom. The summed E-state index contributed by atoms with van der Waals surface area (Å²) in [7, 11) is -1.51. The highest BCUT2D eigenvalue weighted by molar-refractivity contribution is 7.90. The Balaban J connectivity index is 2.36. The van der Waals surface area contributed by atoms with Gasteiger partial charge in [0.15, 0.2) is 0 Å². The number of anilines is 1. The van der Waals surface area contributed by atoms with Crippen LogP contribution in [-0.4, -0.2) is 41.7 Å². The Bertz CT molecular complexity index is 786. The number of ether oxygens (including phenoxy) is 2. The lowest BCUT2D eigenvalue weighted by molar-refractivity contribution is -0.144. The molecule has 1 unspecified atom stereocenters. The van der Waals surface area contributed by atoms with Crippen molar-refractivity contribution in [1.29, 1.82) is 0 Å². The van der Waals surface area contributed by atoms with Crippen LogP contribution in [-0.2, 0) is 30.7 Å². The van der Waals surface area contributed by atoms with Crippen molar-refractivity contribution in [2.75, 3.05) is 32.2 Å². The average molecular weight is 368 g/mol. The number of sulfonamides is 1. The minimum Gasteiger partial charge on any atom is -0.496 e. The van der Waals surface area contributed by atoms with Crippen molar-refractivity contribution in [3.05, 3.63) is 23.3 Å². The quantitative estimate of drug-likeness (QED) is 0.804. The third kappa shape index (κ3) is 2.67. The molecule has 1 aromatic rings. The van der Waals surface area contributed by atoms with Crippen LogP contribution in [0.15, 0.2) is 12.1 Å². The zero-order valence-corrected chi connectivity index (χ0v) is 15.4. The first-order chi connectivity index (χ1) is 11.9. The van der Waals surface area contributed by atoms with Gasteiger partial charge >= 0.3 is 5.97 Å². The summed E-state index contributed by atoms with van der Waals surface area (Å²) in [6.45, 7) is 1.64. The van der Waals surface area contributed by atoms with Crippen molar-refractivity contribution in [2.45, 2.75) is 36.9 Å². The van der Waals surface area contributed by atoms with Gasteiger partial charge in [-0.15, -0.1) is 0 Å². The number of hydrogen-bond donors (Lipinski definition) is 1. The minimum absolute atomic E-state index is 0.111. The lowest BCUT2D eigenvalue weighted by Gasteiger charge is -2.38. The zero-order valence-electron chi connectivity index (χ0n) is 14.6. The summed E-state index contributed by atoms with van der Waals surface area (Å²) in [5.41, 5.74) is 1.92. The molecular formula is C17H24N2O5S. The lowest BCUT2D eigenvalue weighted by Crippen LogP contribution is -2.51. The molecule has 8 heteroatoms. The molecule has 0 radical (unpaired) electrons. The number of carbonyl (C=O) groups is 1. The van der Waals surface area contributed by atoms with E-state index in [2.05, 4.69) is 4.90 Å². The number of nitrogens with two attached hydrogens (primary N) is 1. The molecule has 1 aromatic carbocycles. The van der Waals surface area contributed by atoms with E-state index in [1.165, 1.54) is 14.2 Å². The predicted octanol–water partition coefficient (Wildman–Crippen LogP) is 1.29. The van der Waals surface area contributed by atoms with E-state index in [9.17, 15) is 13.2 Å². The average Bonchev–Trinajstić information content (AvgIpc) is 3.12. The molecule has 3 rings (SSSR count). The van der Waals surface area contributed by atoms with Crippen LogP contribution in [0.4, 0.5) is 5.69 Å². The van der Waals surface area contributed by atoms with Crippen LogP contribution < -0.4 is 14.8 Å². The fourth-order valence-electron chi connectivity index (χ4n) is 4.14. The van der Waals surface area contributed by atoms with Gasteiger partial charge in [-0.2, -0.15) is 0 Å². The van der Waals surface area contributed by atoms with Gasteiger partial charge < -0.3 is 14.4 Å². The van der Waals surface area contributed by atoms with Gasteiger partial charge in [-0.3, -0.25) is 0 Å². The number of carbonyl (C=O) groups excluding carboxylic acids is 1. The van der Waals surface area contributed by atoms with Gasteiger partial charge in [0.2, 0.25) is 14.8 Å². The summed E-state index contributed by atoms with van der Waals surface area (Å²) in [5, 5.41) is 5.61. The number of nitrogens with zero attached hydrogens (tertiary/aromatic N) is 1. The smallest absolute Gasteiger partial charge is 0.333 e.